The van der Waals surface area contributed by atoms with Crippen LogP contribution in [-0.2, 0) is 9.53 Å². The molecule has 3 rings (SSSR count). The van der Waals surface area contributed by atoms with E-state index in [1.165, 1.54) is 32.1 Å². The molecule has 2 saturated heterocycles. The summed E-state index contributed by atoms with van der Waals surface area (Å²) in [7, 11) is 0. The Kier molecular flexibility index (Phi) is 9.78. The summed E-state index contributed by atoms with van der Waals surface area (Å²) in [6, 6.07) is 0.765. The van der Waals surface area contributed by atoms with E-state index in [0.29, 0.717) is 13.2 Å². The number of rotatable bonds is 2. The van der Waals surface area contributed by atoms with Gasteiger partial charge in [-0.25, -0.2) is 0 Å². The molecule has 0 aromatic carbocycles. The van der Waals surface area contributed by atoms with Crippen LogP contribution in [0.2, 0.25) is 0 Å². The molecule has 5 nitrogen and oxygen atoms in total. The fourth-order valence-electron chi connectivity index (χ4n) is 3.90. The van der Waals surface area contributed by atoms with Crippen molar-refractivity contribution in [3.63, 3.8) is 0 Å². The number of morpholine rings is 1. The summed E-state index contributed by atoms with van der Waals surface area (Å²) in [5, 5.41) is 3.25. The third kappa shape index (κ3) is 5.75. The first kappa shape index (κ1) is 21.0. The number of halogens is 2. The number of hydrogen-bond donors (Lipinski definition) is 1. The van der Waals surface area contributed by atoms with Crippen LogP contribution in [0.4, 0.5) is 0 Å². The average Bonchev–Trinajstić information content (AvgIpc) is 2.82. The molecule has 1 saturated carbocycles. The van der Waals surface area contributed by atoms with E-state index in [0.717, 1.165) is 45.2 Å². The minimum Gasteiger partial charge on any atom is -0.366 e. The summed E-state index contributed by atoms with van der Waals surface area (Å²) in [5.41, 5.74) is 0. The normalized spacial score (nSPS) is 27.5. The lowest BCUT2D eigenvalue weighted by Gasteiger charge is -2.33. The smallest absolute Gasteiger partial charge is 0.253 e. The zero-order valence-electron chi connectivity index (χ0n) is 13.9. The van der Waals surface area contributed by atoms with Gasteiger partial charge in [0.1, 0.15) is 6.10 Å². The van der Waals surface area contributed by atoms with Crippen molar-refractivity contribution in [3.8, 4) is 0 Å². The van der Waals surface area contributed by atoms with E-state index in [9.17, 15) is 4.79 Å². The average molecular weight is 368 g/mol. The maximum Gasteiger partial charge on any atom is 0.253 e. The number of hydrogen-bond acceptors (Lipinski definition) is 4. The first-order valence-electron chi connectivity index (χ1n) is 8.70. The highest BCUT2D eigenvalue weighted by Gasteiger charge is 2.29. The first-order chi connectivity index (χ1) is 10.3. The quantitative estimate of drug-likeness (QED) is 0.806. The Bertz CT molecular complexity index is 348. The van der Waals surface area contributed by atoms with Gasteiger partial charge in [-0.2, -0.15) is 0 Å². The Labute approximate surface area is 152 Å². The van der Waals surface area contributed by atoms with E-state index in [4.69, 9.17) is 4.74 Å². The fourth-order valence-corrected chi connectivity index (χ4v) is 3.90. The molecule has 3 fully saturated rings. The number of nitrogens with one attached hydrogen (secondary N) is 1. The van der Waals surface area contributed by atoms with Crippen molar-refractivity contribution >= 4 is 30.7 Å². The Hall–Kier alpha value is -0.0700. The second-order valence-electron chi connectivity index (χ2n) is 6.57. The number of carbonyl (C=O) groups excluding carboxylic acids is 1. The molecule has 1 unspecified atom stereocenters. The lowest BCUT2D eigenvalue weighted by Crippen LogP contribution is -2.50. The van der Waals surface area contributed by atoms with Gasteiger partial charge in [0, 0.05) is 45.3 Å². The summed E-state index contributed by atoms with van der Waals surface area (Å²) in [5.74, 6) is 0.188. The monoisotopic (exact) mass is 367 g/mol. The van der Waals surface area contributed by atoms with Gasteiger partial charge < -0.3 is 15.0 Å². The predicted octanol–water partition coefficient (Wildman–Crippen LogP) is 1.69. The molecule has 136 valence electrons. The van der Waals surface area contributed by atoms with Gasteiger partial charge in [-0.3, -0.25) is 9.69 Å². The van der Waals surface area contributed by atoms with E-state index in [2.05, 4.69) is 10.2 Å². The molecule has 3 aliphatic rings. The molecule has 0 aromatic heterocycles. The molecule has 7 heteroatoms. The van der Waals surface area contributed by atoms with Crippen LogP contribution in [0.15, 0.2) is 0 Å². The minimum atomic E-state index is -0.264. The zero-order valence-corrected chi connectivity index (χ0v) is 15.5. The molecule has 0 radical (unpaired) electrons. The summed E-state index contributed by atoms with van der Waals surface area (Å²) in [4.78, 5) is 17.2. The van der Waals surface area contributed by atoms with Crippen molar-refractivity contribution in [2.45, 2.75) is 50.7 Å². The Morgan fingerprint density at radius 3 is 2.43 bits per heavy atom. The third-order valence-electron chi connectivity index (χ3n) is 5.14. The maximum atomic E-state index is 12.5. The Morgan fingerprint density at radius 2 is 1.74 bits per heavy atom. The van der Waals surface area contributed by atoms with Crippen molar-refractivity contribution in [3.05, 3.63) is 0 Å². The zero-order chi connectivity index (χ0) is 14.5. The molecule has 0 bridgehead atoms. The number of nitrogens with zero attached hydrogens (tertiary/aromatic N) is 2. The van der Waals surface area contributed by atoms with Crippen molar-refractivity contribution in [1.82, 2.24) is 15.1 Å². The molecule has 2 heterocycles. The number of amides is 1. The Balaban J connectivity index is 0.00000132. The molecule has 1 aliphatic carbocycles. The minimum absolute atomic E-state index is 0. The van der Waals surface area contributed by atoms with Crippen LogP contribution in [0.25, 0.3) is 0 Å². The summed E-state index contributed by atoms with van der Waals surface area (Å²) >= 11 is 0. The largest absolute Gasteiger partial charge is 0.366 e. The highest BCUT2D eigenvalue weighted by Crippen LogP contribution is 2.23. The molecule has 23 heavy (non-hydrogen) atoms. The van der Waals surface area contributed by atoms with Crippen LogP contribution in [0.1, 0.15) is 38.5 Å². The van der Waals surface area contributed by atoms with E-state index in [1.807, 2.05) is 4.90 Å². The lowest BCUT2D eigenvalue weighted by molar-refractivity contribution is -0.145. The van der Waals surface area contributed by atoms with Gasteiger partial charge in [-0.15, -0.1) is 24.8 Å². The second kappa shape index (κ2) is 10.7. The van der Waals surface area contributed by atoms with Crippen LogP contribution in [-0.4, -0.2) is 73.7 Å². The topological polar surface area (TPSA) is 44.8 Å². The van der Waals surface area contributed by atoms with Gasteiger partial charge in [-0.05, 0) is 19.3 Å². The molecule has 0 aromatic rings. The van der Waals surface area contributed by atoms with E-state index < -0.39 is 0 Å². The van der Waals surface area contributed by atoms with Gasteiger partial charge in [0.25, 0.3) is 5.91 Å². The van der Waals surface area contributed by atoms with Crippen LogP contribution in [0.5, 0.6) is 0 Å². The lowest BCUT2D eigenvalue weighted by atomic mass is 9.94. The highest BCUT2D eigenvalue weighted by atomic mass is 35.5. The van der Waals surface area contributed by atoms with Crippen LogP contribution in [0, 0.1) is 0 Å². The second-order valence-corrected chi connectivity index (χ2v) is 6.57. The molecule has 1 N–H and O–H groups in total. The van der Waals surface area contributed by atoms with Crippen molar-refractivity contribution < 1.29 is 9.53 Å². The number of carbonyl (C=O) groups is 1. The van der Waals surface area contributed by atoms with E-state index in [-0.39, 0.29) is 36.8 Å². The molecule has 1 atom stereocenters. The van der Waals surface area contributed by atoms with E-state index >= 15 is 0 Å². The molecule has 0 spiro atoms. The molecule has 2 aliphatic heterocycles. The van der Waals surface area contributed by atoms with Crippen LogP contribution >= 0.6 is 24.8 Å². The Morgan fingerprint density at radius 1 is 0.957 bits per heavy atom. The molecular weight excluding hydrogens is 337 g/mol. The van der Waals surface area contributed by atoms with Gasteiger partial charge in [-0.1, -0.05) is 19.3 Å². The molecular formula is C16H31Cl2N3O2. The summed E-state index contributed by atoms with van der Waals surface area (Å²) < 4.78 is 5.61. The standard InChI is InChI=1S/C16H29N3O2.2ClH/c20-16(15-13-17-7-12-21-15)19-9-4-8-18(10-11-19)14-5-2-1-3-6-14;;/h14-15,17H,1-13H2;2*1H. The predicted molar refractivity (Wildman–Crippen MR) is 96.7 cm³/mol. The maximum absolute atomic E-state index is 12.5. The SMILES string of the molecule is Cl.Cl.O=C(C1CNCCO1)N1CCCN(C2CCCCC2)CC1. The third-order valence-corrected chi connectivity index (χ3v) is 5.14. The van der Waals surface area contributed by atoms with Gasteiger partial charge in [0.2, 0.25) is 0 Å². The van der Waals surface area contributed by atoms with Crippen molar-refractivity contribution in [1.29, 1.82) is 0 Å². The van der Waals surface area contributed by atoms with E-state index in [1.54, 1.807) is 0 Å². The number of ether oxygens (including phenoxy) is 1. The van der Waals surface area contributed by atoms with Crippen LogP contribution < -0.4 is 5.32 Å². The summed E-state index contributed by atoms with van der Waals surface area (Å²) in [6.07, 6.45) is 7.70. The van der Waals surface area contributed by atoms with Gasteiger partial charge >= 0.3 is 0 Å². The van der Waals surface area contributed by atoms with Crippen LogP contribution in [0.3, 0.4) is 0 Å². The van der Waals surface area contributed by atoms with Crippen molar-refractivity contribution in [2.75, 3.05) is 45.9 Å². The van der Waals surface area contributed by atoms with Gasteiger partial charge in [0.15, 0.2) is 0 Å². The summed E-state index contributed by atoms with van der Waals surface area (Å²) in [6.45, 7) is 6.13. The molecule has 1 amide bonds. The first-order valence-corrected chi connectivity index (χ1v) is 8.70. The fraction of sp³-hybridized carbons (Fsp3) is 0.938. The van der Waals surface area contributed by atoms with Gasteiger partial charge in [0.05, 0.1) is 6.61 Å². The highest BCUT2D eigenvalue weighted by molar-refractivity contribution is 5.85. The van der Waals surface area contributed by atoms with Crippen molar-refractivity contribution in [2.24, 2.45) is 0 Å².